The second-order valence-electron chi connectivity index (χ2n) is 3.71. The number of halogens is 3. The highest BCUT2D eigenvalue weighted by molar-refractivity contribution is 7.99. The van der Waals surface area contributed by atoms with Crippen LogP contribution in [0.15, 0.2) is 11.4 Å². The average molecular weight is 298 g/mol. The van der Waals surface area contributed by atoms with Gasteiger partial charge in [0, 0.05) is 12.7 Å². The Bertz CT molecular complexity index is 434. The first-order chi connectivity index (χ1) is 8.78. The van der Waals surface area contributed by atoms with Crippen molar-refractivity contribution >= 4 is 17.7 Å². The topological polar surface area (TPSA) is 64.3 Å². The number of hydrogen-bond donors (Lipinski definition) is 1. The van der Waals surface area contributed by atoms with Crippen LogP contribution >= 0.6 is 11.8 Å². The van der Waals surface area contributed by atoms with Crippen LogP contribution in [-0.2, 0) is 16.1 Å². The third-order valence-corrected chi connectivity index (χ3v) is 2.90. The van der Waals surface area contributed by atoms with Gasteiger partial charge in [-0.15, -0.1) is 0 Å². The summed E-state index contributed by atoms with van der Waals surface area (Å²) in [4.78, 5) is 14.5. The van der Waals surface area contributed by atoms with E-state index in [9.17, 15) is 18.0 Å². The lowest BCUT2D eigenvalue weighted by atomic mass is 10.5. The van der Waals surface area contributed by atoms with E-state index in [1.54, 1.807) is 17.7 Å². The van der Waals surface area contributed by atoms with Crippen LogP contribution in [-0.4, -0.2) is 45.8 Å². The summed E-state index contributed by atoms with van der Waals surface area (Å²) >= 11 is 1.01. The van der Waals surface area contributed by atoms with Crippen molar-refractivity contribution in [3.63, 3.8) is 0 Å². The van der Waals surface area contributed by atoms with E-state index < -0.39 is 18.8 Å². The van der Waals surface area contributed by atoms with Gasteiger partial charge < -0.3 is 14.4 Å². The fraction of sp³-hybridized carbons (Fsp3) is 0.600. The third kappa shape index (κ3) is 6.48. The molecule has 0 atom stereocenters. The van der Waals surface area contributed by atoms with E-state index in [0.29, 0.717) is 10.9 Å². The molecule has 0 aliphatic carbocycles. The van der Waals surface area contributed by atoms with Crippen molar-refractivity contribution in [2.24, 2.45) is 0 Å². The van der Waals surface area contributed by atoms with Gasteiger partial charge >= 0.3 is 12.1 Å². The number of thioether (sulfide) groups is 1. The van der Waals surface area contributed by atoms with Crippen molar-refractivity contribution in [2.75, 3.05) is 19.0 Å². The number of carboxylic acids is 1. The van der Waals surface area contributed by atoms with Crippen molar-refractivity contribution in [3.8, 4) is 0 Å². The standard InChI is InChI=1S/C10H13F3N2O3S/c1-7-4-15(2-3-18-6-10(11,12)13)9(14-7)19-5-8(16)17/h4H,2-3,5-6H2,1H3,(H,16,17). The molecule has 1 aromatic rings. The maximum absolute atomic E-state index is 11.9. The van der Waals surface area contributed by atoms with Crippen LogP contribution in [0, 0.1) is 6.92 Å². The second kappa shape index (κ2) is 6.80. The van der Waals surface area contributed by atoms with E-state index >= 15 is 0 Å². The lowest BCUT2D eigenvalue weighted by molar-refractivity contribution is -0.174. The van der Waals surface area contributed by atoms with E-state index in [1.165, 1.54) is 0 Å². The Hall–Kier alpha value is -1.22. The molecule has 0 aromatic carbocycles. The Morgan fingerprint density at radius 1 is 1.58 bits per heavy atom. The van der Waals surface area contributed by atoms with Crippen LogP contribution in [0.2, 0.25) is 0 Å². The summed E-state index contributed by atoms with van der Waals surface area (Å²) in [7, 11) is 0. The Balaban J connectivity index is 2.46. The predicted octanol–water partition coefficient (Wildman–Crippen LogP) is 1.95. The number of aromatic nitrogens is 2. The summed E-state index contributed by atoms with van der Waals surface area (Å²) in [5, 5.41) is 9.02. The summed E-state index contributed by atoms with van der Waals surface area (Å²) in [6.45, 7) is 0.505. The number of nitrogens with zero attached hydrogens (tertiary/aromatic N) is 2. The second-order valence-corrected chi connectivity index (χ2v) is 4.65. The zero-order valence-corrected chi connectivity index (χ0v) is 10.9. The zero-order chi connectivity index (χ0) is 14.5. The van der Waals surface area contributed by atoms with Crippen LogP contribution in [0.25, 0.3) is 0 Å². The Kier molecular flexibility index (Phi) is 5.67. The quantitative estimate of drug-likeness (QED) is 0.615. The van der Waals surface area contributed by atoms with Gasteiger partial charge in [-0.2, -0.15) is 13.2 Å². The number of aliphatic carboxylic acids is 1. The Labute approximate surface area is 111 Å². The average Bonchev–Trinajstić information content (AvgIpc) is 2.61. The van der Waals surface area contributed by atoms with Crippen molar-refractivity contribution < 1.29 is 27.8 Å². The summed E-state index contributed by atoms with van der Waals surface area (Å²) < 4.78 is 41.7. The van der Waals surface area contributed by atoms with E-state index in [-0.39, 0.29) is 18.9 Å². The van der Waals surface area contributed by atoms with Gasteiger partial charge in [0.25, 0.3) is 0 Å². The zero-order valence-electron chi connectivity index (χ0n) is 10.1. The van der Waals surface area contributed by atoms with Crippen molar-refractivity contribution in [2.45, 2.75) is 24.8 Å². The van der Waals surface area contributed by atoms with Gasteiger partial charge in [-0.25, -0.2) is 4.98 Å². The molecule has 0 unspecified atom stereocenters. The van der Waals surface area contributed by atoms with Crippen molar-refractivity contribution in [1.29, 1.82) is 0 Å². The fourth-order valence-corrected chi connectivity index (χ4v) is 2.05. The largest absolute Gasteiger partial charge is 0.481 e. The van der Waals surface area contributed by atoms with Crippen LogP contribution in [0.5, 0.6) is 0 Å². The first-order valence-electron chi connectivity index (χ1n) is 5.31. The third-order valence-electron chi connectivity index (χ3n) is 1.93. The fourth-order valence-electron chi connectivity index (χ4n) is 1.28. The molecule has 108 valence electrons. The van der Waals surface area contributed by atoms with Gasteiger partial charge in [0.05, 0.1) is 18.1 Å². The molecule has 0 amide bonds. The Morgan fingerprint density at radius 2 is 2.26 bits per heavy atom. The van der Waals surface area contributed by atoms with Gasteiger partial charge in [0.2, 0.25) is 0 Å². The van der Waals surface area contributed by atoms with Crippen LogP contribution in [0.3, 0.4) is 0 Å². The molecule has 0 saturated heterocycles. The van der Waals surface area contributed by atoms with Gasteiger partial charge in [-0.3, -0.25) is 4.79 Å². The number of rotatable bonds is 7. The monoisotopic (exact) mass is 298 g/mol. The smallest absolute Gasteiger partial charge is 0.411 e. The highest BCUT2D eigenvalue weighted by Crippen LogP contribution is 2.18. The van der Waals surface area contributed by atoms with Gasteiger partial charge in [-0.1, -0.05) is 11.8 Å². The van der Waals surface area contributed by atoms with Gasteiger partial charge in [0.1, 0.15) is 6.61 Å². The molecule has 0 aliphatic rings. The lowest BCUT2D eigenvalue weighted by Crippen LogP contribution is -2.19. The summed E-state index contributed by atoms with van der Waals surface area (Å²) in [5.41, 5.74) is 0.670. The first-order valence-corrected chi connectivity index (χ1v) is 6.29. The highest BCUT2D eigenvalue weighted by Gasteiger charge is 2.27. The maximum Gasteiger partial charge on any atom is 0.411 e. The summed E-state index contributed by atoms with van der Waals surface area (Å²) in [6, 6.07) is 0. The highest BCUT2D eigenvalue weighted by atomic mass is 32.2. The number of aryl methyl sites for hydroxylation is 1. The Morgan fingerprint density at radius 3 is 2.84 bits per heavy atom. The van der Waals surface area contributed by atoms with Gasteiger partial charge in [0.15, 0.2) is 5.16 Å². The molecule has 0 fully saturated rings. The lowest BCUT2D eigenvalue weighted by Gasteiger charge is -2.09. The minimum Gasteiger partial charge on any atom is -0.481 e. The number of carbonyl (C=O) groups is 1. The summed E-state index contributed by atoms with van der Waals surface area (Å²) in [5.74, 6) is -1.13. The van der Waals surface area contributed by atoms with Crippen LogP contribution < -0.4 is 0 Å². The molecule has 0 saturated carbocycles. The molecule has 5 nitrogen and oxygen atoms in total. The molecule has 0 aliphatic heterocycles. The van der Waals surface area contributed by atoms with Crippen LogP contribution in [0.1, 0.15) is 5.69 Å². The van der Waals surface area contributed by atoms with Crippen molar-refractivity contribution in [1.82, 2.24) is 9.55 Å². The van der Waals surface area contributed by atoms with Crippen molar-refractivity contribution in [3.05, 3.63) is 11.9 Å². The van der Waals surface area contributed by atoms with Gasteiger partial charge in [-0.05, 0) is 6.92 Å². The maximum atomic E-state index is 11.9. The normalized spacial score (nSPS) is 11.8. The van der Waals surface area contributed by atoms with E-state index in [4.69, 9.17) is 5.11 Å². The number of hydrogen-bond acceptors (Lipinski definition) is 4. The molecule has 0 bridgehead atoms. The molecule has 1 N–H and O–H groups in total. The molecule has 1 heterocycles. The van der Waals surface area contributed by atoms with Crippen LogP contribution in [0.4, 0.5) is 13.2 Å². The van der Waals surface area contributed by atoms with E-state index in [1.807, 2.05) is 0 Å². The minimum atomic E-state index is -4.34. The number of alkyl halides is 3. The SMILES string of the molecule is Cc1cn(CCOCC(F)(F)F)c(SCC(=O)O)n1. The number of ether oxygens (including phenoxy) is 1. The predicted molar refractivity (Wildman–Crippen MR) is 62.2 cm³/mol. The number of carboxylic acid groups (broad SMARTS) is 1. The summed E-state index contributed by atoms with van der Waals surface area (Å²) in [6.07, 6.45) is -2.70. The van der Waals surface area contributed by atoms with E-state index in [0.717, 1.165) is 11.8 Å². The molecule has 9 heteroatoms. The molecular weight excluding hydrogens is 285 g/mol. The molecule has 0 spiro atoms. The minimum absolute atomic E-state index is 0.115. The molecule has 19 heavy (non-hydrogen) atoms. The van der Waals surface area contributed by atoms with E-state index in [2.05, 4.69) is 9.72 Å². The molecule has 0 radical (unpaired) electrons. The molecular formula is C10H13F3N2O3S. The molecule has 1 rings (SSSR count). The molecule has 1 aromatic heterocycles. The number of imidazole rings is 1. The first kappa shape index (κ1) is 15.8.